The molecule has 0 radical (unpaired) electrons. The minimum atomic E-state index is 0.519. The van der Waals surface area contributed by atoms with Gasteiger partial charge in [-0.2, -0.15) is 0 Å². The Morgan fingerprint density at radius 2 is 2.05 bits per heavy atom. The molecule has 3 rings (SSSR count). The first-order chi connectivity index (χ1) is 9.33. The maximum absolute atomic E-state index is 3.71. The Labute approximate surface area is 116 Å². The molecule has 1 saturated carbocycles. The monoisotopic (exact) mass is 256 g/mol. The van der Waals surface area contributed by atoms with Crippen LogP contribution >= 0.6 is 0 Å². The van der Waals surface area contributed by atoms with Crippen molar-refractivity contribution in [3.63, 3.8) is 0 Å². The Morgan fingerprint density at radius 1 is 1.26 bits per heavy atom. The van der Waals surface area contributed by atoms with Crippen LogP contribution in [0.3, 0.4) is 0 Å². The zero-order valence-electron chi connectivity index (χ0n) is 11.8. The molecule has 1 aromatic carbocycles. The Hall–Kier alpha value is -1.12. The van der Waals surface area contributed by atoms with Gasteiger partial charge < -0.3 is 5.32 Å². The smallest absolute Gasteiger partial charge is 0.0476 e. The summed E-state index contributed by atoms with van der Waals surface area (Å²) in [6.45, 7) is 5.64. The molecule has 1 aliphatic carbocycles. The van der Waals surface area contributed by atoms with Crippen molar-refractivity contribution >= 4 is 0 Å². The Kier molecular flexibility index (Phi) is 4.00. The molecular formula is C17H24N2. The second-order valence-corrected chi connectivity index (χ2v) is 5.92. The zero-order chi connectivity index (χ0) is 13.1. The van der Waals surface area contributed by atoms with Crippen LogP contribution in [0.1, 0.15) is 37.8 Å². The van der Waals surface area contributed by atoms with Crippen molar-refractivity contribution in [3.05, 3.63) is 47.5 Å². The summed E-state index contributed by atoms with van der Waals surface area (Å²) in [5.74, 6) is 0. The third-order valence-electron chi connectivity index (χ3n) is 4.16. The lowest BCUT2D eigenvalue weighted by molar-refractivity contribution is 0.204. The van der Waals surface area contributed by atoms with Gasteiger partial charge in [0, 0.05) is 31.7 Å². The summed E-state index contributed by atoms with van der Waals surface area (Å²) in [5, 5.41) is 3.71. The second-order valence-electron chi connectivity index (χ2n) is 5.92. The number of hydrogen-bond donors (Lipinski definition) is 1. The molecule has 1 N–H and O–H groups in total. The lowest BCUT2D eigenvalue weighted by atomic mass is 10.0. The fourth-order valence-electron chi connectivity index (χ4n) is 2.91. The normalized spacial score (nSPS) is 22.1. The van der Waals surface area contributed by atoms with E-state index in [1.807, 2.05) is 0 Å². The average molecular weight is 256 g/mol. The van der Waals surface area contributed by atoms with Crippen molar-refractivity contribution in [2.24, 2.45) is 0 Å². The number of nitrogens with one attached hydrogen (secondary N) is 1. The molecular weight excluding hydrogens is 232 g/mol. The van der Waals surface area contributed by atoms with Crippen molar-refractivity contribution in [2.45, 2.75) is 38.3 Å². The van der Waals surface area contributed by atoms with E-state index in [1.54, 1.807) is 0 Å². The molecule has 102 valence electrons. The van der Waals surface area contributed by atoms with Crippen LogP contribution in [-0.4, -0.2) is 30.6 Å². The maximum atomic E-state index is 3.71. The molecule has 2 heteroatoms. The predicted octanol–water partition coefficient (Wildman–Crippen LogP) is 3.13. The molecule has 1 unspecified atom stereocenters. The van der Waals surface area contributed by atoms with Gasteiger partial charge in [0.15, 0.2) is 0 Å². The van der Waals surface area contributed by atoms with Crippen molar-refractivity contribution in [1.29, 1.82) is 0 Å². The Morgan fingerprint density at radius 3 is 2.74 bits per heavy atom. The van der Waals surface area contributed by atoms with Crippen LogP contribution in [0, 0.1) is 0 Å². The molecule has 0 saturated heterocycles. The fourth-order valence-corrected chi connectivity index (χ4v) is 2.91. The van der Waals surface area contributed by atoms with E-state index in [0.29, 0.717) is 6.04 Å². The van der Waals surface area contributed by atoms with Gasteiger partial charge in [-0.3, -0.25) is 4.90 Å². The molecule has 1 fully saturated rings. The Balaban J connectivity index is 1.73. The SMILES string of the molecule is CC1=CCCN(C(CNC2CC2)c2ccccc2)C1. The molecule has 0 aromatic heterocycles. The topological polar surface area (TPSA) is 15.3 Å². The van der Waals surface area contributed by atoms with Gasteiger partial charge in [-0.25, -0.2) is 0 Å². The van der Waals surface area contributed by atoms with Gasteiger partial charge in [0.1, 0.15) is 0 Å². The second kappa shape index (κ2) is 5.89. The van der Waals surface area contributed by atoms with Crippen LogP contribution in [0.5, 0.6) is 0 Å². The van der Waals surface area contributed by atoms with E-state index in [1.165, 1.54) is 36.9 Å². The van der Waals surface area contributed by atoms with Crippen molar-refractivity contribution in [3.8, 4) is 0 Å². The van der Waals surface area contributed by atoms with E-state index in [-0.39, 0.29) is 0 Å². The summed E-state index contributed by atoms with van der Waals surface area (Å²) < 4.78 is 0. The summed E-state index contributed by atoms with van der Waals surface area (Å²) in [5.41, 5.74) is 2.96. The average Bonchev–Trinajstić information content (AvgIpc) is 3.25. The summed E-state index contributed by atoms with van der Waals surface area (Å²) in [4.78, 5) is 2.63. The molecule has 0 spiro atoms. The van der Waals surface area contributed by atoms with Crippen molar-refractivity contribution < 1.29 is 0 Å². The van der Waals surface area contributed by atoms with E-state index in [0.717, 1.165) is 19.1 Å². The molecule has 0 bridgehead atoms. The fraction of sp³-hybridized carbons (Fsp3) is 0.529. The van der Waals surface area contributed by atoms with Crippen LogP contribution < -0.4 is 5.32 Å². The highest BCUT2D eigenvalue weighted by molar-refractivity contribution is 5.21. The van der Waals surface area contributed by atoms with E-state index >= 15 is 0 Å². The zero-order valence-corrected chi connectivity index (χ0v) is 11.8. The third-order valence-corrected chi connectivity index (χ3v) is 4.16. The van der Waals surface area contributed by atoms with Crippen LogP contribution in [0.25, 0.3) is 0 Å². The van der Waals surface area contributed by atoms with Gasteiger partial charge in [0.05, 0.1) is 0 Å². The van der Waals surface area contributed by atoms with Crippen LogP contribution in [0.15, 0.2) is 42.0 Å². The lowest BCUT2D eigenvalue weighted by Crippen LogP contribution is -2.39. The van der Waals surface area contributed by atoms with Crippen LogP contribution in [0.4, 0.5) is 0 Å². The van der Waals surface area contributed by atoms with Crippen LogP contribution in [0.2, 0.25) is 0 Å². The molecule has 1 aromatic rings. The lowest BCUT2D eigenvalue weighted by Gasteiger charge is -2.34. The first-order valence-corrected chi connectivity index (χ1v) is 7.51. The number of nitrogens with zero attached hydrogens (tertiary/aromatic N) is 1. The predicted molar refractivity (Wildman–Crippen MR) is 80.2 cm³/mol. The van der Waals surface area contributed by atoms with Gasteiger partial charge >= 0.3 is 0 Å². The van der Waals surface area contributed by atoms with Crippen LogP contribution in [-0.2, 0) is 0 Å². The van der Waals surface area contributed by atoms with E-state index in [4.69, 9.17) is 0 Å². The molecule has 1 atom stereocenters. The molecule has 1 aliphatic heterocycles. The van der Waals surface area contributed by atoms with E-state index in [2.05, 4.69) is 53.5 Å². The van der Waals surface area contributed by atoms with Gasteiger partial charge in [-0.1, -0.05) is 42.0 Å². The minimum absolute atomic E-state index is 0.519. The van der Waals surface area contributed by atoms with Gasteiger partial charge in [0.2, 0.25) is 0 Å². The van der Waals surface area contributed by atoms with Gasteiger partial charge in [-0.15, -0.1) is 0 Å². The molecule has 2 nitrogen and oxygen atoms in total. The molecule has 2 aliphatic rings. The molecule has 1 heterocycles. The standard InChI is InChI=1S/C17H24N2/c1-14-6-5-11-19(13-14)17(12-18-16-9-10-16)15-7-3-2-4-8-15/h2-4,6-8,16-18H,5,9-13H2,1H3. The number of rotatable bonds is 5. The summed E-state index contributed by atoms with van der Waals surface area (Å²) in [7, 11) is 0. The van der Waals surface area contributed by atoms with Gasteiger partial charge in [-0.05, 0) is 31.7 Å². The van der Waals surface area contributed by atoms with E-state index in [9.17, 15) is 0 Å². The molecule has 19 heavy (non-hydrogen) atoms. The highest BCUT2D eigenvalue weighted by atomic mass is 15.2. The summed E-state index contributed by atoms with van der Waals surface area (Å²) in [6, 6.07) is 12.3. The summed E-state index contributed by atoms with van der Waals surface area (Å²) >= 11 is 0. The highest BCUT2D eigenvalue weighted by Gasteiger charge is 2.26. The highest BCUT2D eigenvalue weighted by Crippen LogP contribution is 2.26. The maximum Gasteiger partial charge on any atom is 0.0476 e. The summed E-state index contributed by atoms with van der Waals surface area (Å²) in [6.07, 6.45) is 6.30. The molecule has 0 amide bonds. The quantitative estimate of drug-likeness (QED) is 0.814. The number of benzene rings is 1. The third kappa shape index (κ3) is 3.46. The van der Waals surface area contributed by atoms with E-state index < -0.39 is 0 Å². The first kappa shape index (κ1) is 12.9. The first-order valence-electron chi connectivity index (χ1n) is 7.51. The van der Waals surface area contributed by atoms with Crippen molar-refractivity contribution in [2.75, 3.05) is 19.6 Å². The van der Waals surface area contributed by atoms with Crippen molar-refractivity contribution in [1.82, 2.24) is 10.2 Å². The largest absolute Gasteiger partial charge is 0.312 e. The Bertz CT molecular complexity index is 434. The number of hydrogen-bond acceptors (Lipinski definition) is 2. The minimum Gasteiger partial charge on any atom is -0.312 e. The van der Waals surface area contributed by atoms with Gasteiger partial charge in [0.25, 0.3) is 0 Å².